The molecule has 1 fully saturated rings. The summed E-state index contributed by atoms with van der Waals surface area (Å²) in [5.41, 5.74) is 12.5. The van der Waals surface area contributed by atoms with Gasteiger partial charge in [0.25, 0.3) is 0 Å². The van der Waals surface area contributed by atoms with E-state index in [0.717, 1.165) is 78.9 Å². The molecule has 6 rings (SSSR count). The van der Waals surface area contributed by atoms with E-state index in [0.29, 0.717) is 24.3 Å². The maximum Gasteiger partial charge on any atom is 0.305 e. The van der Waals surface area contributed by atoms with Gasteiger partial charge in [-0.1, -0.05) is 19.6 Å². The lowest BCUT2D eigenvalue weighted by Crippen LogP contribution is -2.16. The van der Waals surface area contributed by atoms with Gasteiger partial charge in [0.2, 0.25) is 0 Å². The summed E-state index contributed by atoms with van der Waals surface area (Å²) in [4.78, 5) is 27.2. The third-order valence-electron chi connectivity index (χ3n) is 9.17. The van der Waals surface area contributed by atoms with Gasteiger partial charge in [0.1, 0.15) is 5.76 Å². The maximum absolute atomic E-state index is 12.2. The molecule has 0 aromatic rings. The summed E-state index contributed by atoms with van der Waals surface area (Å²) in [6, 6.07) is 0. The zero-order valence-corrected chi connectivity index (χ0v) is 24.9. The van der Waals surface area contributed by atoms with E-state index in [2.05, 4.69) is 18.8 Å². The number of hydrogen-bond donors (Lipinski definition) is 3. The third-order valence-corrected chi connectivity index (χ3v) is 9.17. The van der Waals surface area contributed by atoms with Gasteiger partial charge in [-0.15, -0.1) is 0 Å². The van der Waals surface area contributed by atoms with Crippen molar-refractivity contribution in [2.24, 2.45) is 26.8 Å². The average molecular weight is 565 g/mol. The molecule has 42 heavy (non-hydrogen) atoms. The molecular formula is C34H36N4O4. The molecule has 5 aliphatic heterocycles. The predicted molar refractivity (Wildman–Crippen MR) is 165 cm³/mol. The molecule has 1 aliphatic carbocycles. The van der Waals surface area contributed by atoms with Crippen molar-refractivity contribution in [1.82, 2.24) is 5.32 Å². The number of ether oxygens (including phenoxy) is 1. The number of aliphatic hydroxyl groups excluding tert-OH is 2. The highest BCUT2D eigenvalue weighted by Crippen LogP contribution is 2.46. The number of carbonyl (C=O) groups excluding carboxylic acids is 1. The second-order valence-corrected chi connectivity index (χ2v) is 11.6. The lowest BCUT2D eigenvalue weighted by atomic mass is 9.86. The fourth-order valence-electron chi connectivity index (χ4n) is 6.81. The van der Waals surface area contributed by atoms with Crippen molar-refractivity contribution in [1.29, 1.82) is 0 Å². The Morgan fingerprint density at radius 1 is 1.12 bits per heavy atom. The van der Waals surface area contributed by atoms with Crippen molar-refractivity contribution in [2.45, 2.75) is 60.0 Å². The number of hydrogen-bond acceptors (Lipinski definition) is 8. The van der Waals surface area contributed by atoms with Crippen LogP contribution >= 0.6 is 0 Å². The minimum atomic E-state index is -0.720. The zero-order valence-electron chi connectivity index (χ0n) is 24.9. The van der Waals surface area contributed by atoms with Crippen LogP contribution in [0.1, 0.15) is 53.9 Å². The van der Waals surface area contributed by atoms with Crippen molar-refractivity contribution in [2.75, 3.05) is 7.11 Å². The summed E-state index contributed by atoms with van der Waals surface area (Å²) in [7, 11) is 1.41. The van der Waals surface area contributed by atoms with Crippen LogP contribution in [0.15, 0.2) is 119 Å². The monoisotopic (exact) mass is 564 g/mol. The Labute approximate surface area is 246 Å². The zero-order chi connectivity index (χ0) is 30.0. The van der Waals surface area contributed by atoms with Crippen LogP contribution in [-0.4, -0.2) is 46.5 Å². The van der Waals surface area contributed by atoms with Gasteiger partial charge in [-0.25, -0.2) is 15.0 Å². The standard InChI is InChI=1S/C34H36N4O4/c1-8-20-15(2)23-14-28-31(19(6)39)17(4)25(36-28)12-24-16(3)21(9-10-30(41)42-7)33(37-24)22-11-29(40)32-18(5)26(38-34(22)32)13-27(20)35-23/h8,12-14,16,19,21,37,39-40H,1,9-11H2,2-7H3/t16-,19+,21-/m0/s1. The number of methoxy groups -OCH3 is 1. The molecule has 0 spiro atoms. The second kappa shape index (κ2) is 10.2. The average Bonchev–Trinajstić information content (AvgIpc) is 3.70. The number of nitrogens with zero attached hydrogens (tertiary/aromatic N) is 3. The SMILES string of the molecule is C=CC1=C(C)C2=NC1=CC1=C(C)C3=C(O)CC(=C4NC(=CC5=NC(=C2)C([C@@H](C)O)=C5C)[C@@H](C)[C@@H]4CCC(=O)OC)C3=N1. The molecule has 3 atom stereocenters. The van der Waals surface area contributed by atoms with Crippen LogP contribution in [0.5, 0.6) is 0 Å². The number of carbonyl (C=O) groups is 1. The first-order valence-electron chi connectivity index (χ1n) is 14.4. The van der Waals surface area contributed by atoms with Crippen LogP contribution < -0.4 is 5.32 Å². The van der Waals surface area contributed by atoms with Crippen molar-refractivity contribution in [3.8, 4) is 0 Å². The Balaban J connectivity index is 1.61. The summed E-state index contributed by atoms with van der Waals surface area (Å²) in [5, 5.41) is 25.6. The van der Waals surface area contributed by atoms with Gasteiger partial charge in [0.15, 0.2) is 0 Å². The van der Waals surface area contributed by atoms with E-state index in [1.807, 2.05) is 39.0 Å². The molecule has 8 heteroatoms. The minimum Gasteiger partial charge on any atom is -0.511 e. The first-order valence-corrected chi connectivity index (χ1v) is 14.4. The molecule has 0 aromatic heterocycles. The summed E-state index contributed by atoms with van der Waals surface area (Å²) < 4.78 is 4.96. The highest BCUT2D eigenvalue weighted by molar-refractivity contribution is 6.21. The maximum atomic E-state index is 12.2. The molecule has 216 valence electrons. The number of aliphatic hydroxyl groups is 2. The molecular weight excluding hydrogens is 528 g/mol. The van der Waals surface area contributed by atoms with Crippen molar-refractivity contribution in [3.05, 3.63) is 104 Å². The van der Waals surface area contributed by atoms with Crippen LogP contribution in [0.3, 0.4) is 0 Å². The Bertz CT molecular complexity index is 1710. The van der Waals surface area contributed by atoms with Crippen LogP contribution in [-0.2, 0) is 9.53 Å². The van der Waals surface area contributed by atoms with Crippen molar-refractivity contribution < 1.29 is 19.7 Å². The number of aliphatic imine (C=N–C) groups is 3. The topological polar surface area (TPSA) is 116 Å². The highest BCUT2D eigenvalue weighted by atomic mass is 16.5. The van der Waals surface area contributed by atoms with Crippen LogP contribution in [0.4, 0.5) is 0 Å². The summed E-state index contributed by atoms with van der Waals surface area (Å²) >= 11 is 0. The van der Waals surface area contributed by atoms with E-state index in [1.54, 1.807) is 13.0 Å². The first-order chi connectivity index (χ1) is 20.0. The number of allylic oxidation sites excluding steroid dienone is 11. The summed E-state index contributed by atoms with van der Waals surface area (Å²) in [6.07, 6.45) is 8.23. The highest BCUT2D eigenvalue weighted by Gasteiger charge is 2.41. The van der Waals surface area contributed by atoms with Gasteiger partial charge in [0.05, 0.1) is 47.4 Å². The summed E-state index contributed by atoms with van der Waals surface area (Å²) in [6.45, 7) is 13.9. The van der Waals surface area contributed by atoms with Gasteiger partial charge in [-0.3, -0.25) is 4.79 Å². The van der Waals surface area contributed by atoms with E-state index in [1.165, 1.54) is 7.11 Å². The smallest absolute Gasteiger partial charge is 0.305 e. The van der Waals surface area contributed by atoms with Crippen LogP contribution in [0, 0.1) is 11.8 Å². The van der Waals surface area contributed by atoms with Crippen LogP contribution in [0.2, 0.25) is 0 Å². The van der Waals surface area contributed by atoms with Crippen LogP contribution in [0.25, 0.3) is 0 Å². The minimum absolute atomic E-state index is 0.0179. The molecule has 0 saturated carbocycles. The van der Waals surface area contributed by atoms with Gasteiger partial charge in [-0.05, 0) is 69.1 Å². The Morgan fingerprint density at radius 2 is 1.83 bits per heavy atom. The number of esters is 1. The molecule has 1 saturated heterocycles. The lowest BCUT2D eigenvalue weighted by molar-refractivity contribution is -0.140. The molecule has 5 heterocycles. The fraction of sp³-hybridized carbons (Fsp3) is 0.353. The molecule has 0 aromatic carbocycles. The number of fused-ring (bicyclic) bond motifs is 5. The predicted octanol–water partition coefficient (Wildman–Crippen LogP) is 5.77. The van der Waals surface area contributed by atoms with E-state index in [9.17, 15) is 15.0 Å². The molecule has 0 radical (unpaired) electrons. The molecule has 8 bridgehead atoms. The lowest BCUT2D eigenvalue weighted by Gasteiger charge is -2.17. The van der Waals surface area contributed by atoms with Gasteiger partial charge >= 0.3 is 5.97 Å². The van der Waals surface area contributed by atoms with E-state index >= 15 is 0 Å². The Morgan fingerprint density at radius 3 is 2.52 bits per heavy atom. The molecule has 8 nitrogen and oxygen atoms in total. The molecule has 6 aliphatic rings. The number of rotatable bonds is 5. The Kier molecular flexibility index (Phi) is 6.77. The fourth-order valence-corrected chi connectivity index (χ4v) is 6.81. The van der Waals surface area contributed by atoms with Gasteiger partial charge in [-0.2, -0.15) is 0 Å². The molecule has 3 N–H and O–H groups in total. The van der Waals surface area contributed by atoms with E-state index in [-0.39, 0.29) is 24.2 Å². The van der Waals surface area contributed by atoms with E-state index < -0.39 is 6.10 Å². The van der Waals surface area contributed by atoms with Gasteiger partial charge < -0.3 is 20.3 Å². The van der Waals surface area contributed by atoms with E-state index in [4.69, 9.17) is 19.7 Å². The summed E-state index contributed by atoms with van der Waals surface area (Å²) in [5.74, 6) is 0.0564. The van der Waals surface area contributed by atoms with Crippen molar-refractivity contribution in [3.63, 3.8) is 0 Å². The quantitative estimate of drug-likeness (QED) is 0.367. The van der Waals surface area contributed by atoms with Crippen molar-refractivity contribution >= 4 is 23.1 Å². The first kappa shape index (κ1) is 27.8. The number of nitrogens with one attached hydrogen (secondary N) is 1. The molecule has 0 unspecified atom stereocenters. The largest absolute Gasteiger partial charge is 0.511 e. The second-order valence-electron chi connectivity index (χ2n) is 11.6. The molecule has 0 amide bonds. The van der Waals surface area contributed by atoms with Gasteiger partial charge in [0, 0.05) is 58.4 Å². The normalized spacial score (nSPS) is 25.4. The third kappa shape index (κ3) is 4.24. The Hall–Kier alpha value is -4.30.